The number of anilines is 2. The van der Waals surface area contributed by atoms with E-state index in [-0.39, 0.29) is 11.8 Å². The van der Waals surface area contributed by atoms with E-state index in [1.165, 1.54) is 36.8 Å². The molecule has 1 aromatic heterocycles. The lowest BCUT2D eigenvalue weighted by molar-refractivity contribution is 0.103. The molecule has 1 aromatic carbocycles. The third-order valence-corrected chi connectivity index (χ3v) is 5.10. The van der Waals surface area contributed by atoms with E-state index in [1.807, 2.05) is 12.1 Å². The Balaban J connectivity index is 0.000000720. The van der Waals surface area contributed by atoms with E-state index in [0.717, 1.165) is 10.6 Å². The van der Waals surface area contributed by atoms with Gasteiger partial charge in [0.2, 0.25) is 0 Å². The Morgan fingerprint density at radius 3 is 2.39 bits per heavy atom. The van der Waals surface area contributed by atoms with Crippen molar-refractivity contribution in [3.8, 4) is 11.8 Å². The topological polar surface area (TPSA) is 81.1 Å². The predicted molar refractivity (Wildman–Crippen MR) is 136 cm³/mol. The lowest BCUT2D eigenvalue weighted by Crippen LogP contribution is -2.09. The van der Waals surface area contributed by atoms with Crippen molar-refractivity contribution in [3.63, 3.8) is 0 Å². The first-order valence-electron chi connectivity index (χ1n) is 10.4. The largest absolute Gasteiger partial charge is 0.399 e. The summed E-state index contributed by atoms with van der Waals surface area (Å²) in [6, 6.07) is 10.7. The van der Waals surface area contributed by atoms with Crippen molar-refractivity contribution in [1.82, 2.24) is 0 Å². The molecule has 1 amide bonds. The SMILES string of the molecule is CC1=CC=CC(C#Cc2ccc(C(=O)Nc3ccc(N)cc3)s2)C=C1.CCCC.CN. The van der Waals surface area contributed by atoms with Crippen LogP contribution in [0.1, 0.15) is 48.2 Å². The molecule has 5 N–H and O–H groups in total. The van der Waals surface area contributed by atoms with E-state index in [9.17, 15) is 4.79 Å². The number of carbonyl (C=O) groups excluding carboxylic acids is 1. The van der Waals surface area contributed by atoms with Crippen LogP contribution in [0.3, 0.4) is 0 Å². The smallest absolute Gasteiger partial charge is 0.265 e. The quantitative estimate of drug-likeness (QED) is 0.408. The monoisotopic (exact) mass is 435 g/mol. The number of carbonyl (C=O) groups is 1. The molecule has 0 radical (unpaired) electrons. The fourth-order valence-corrected chi connectivity index (χ4v) is 3.00. The van der Waals surface area contributed by atoms with E-state index >= 15 is 0 Å². The van der Waals surface area contributed by atoms with Crippen LogP contribution in [0.25, 0.3) is 0 Å². The molecule has 0 saturated carbocycles. The number of nitrogen functional groups attached to an aromatic ring is 1. The number of benzene rings is 1. The molecule has 0 saturated heterocycles. The van der Waals surface area contributed by atoms with Gasteiger partial charge in [0.05, 0.1) is 15.7 Å². The molecular formula is C26H33N3OS. The molecule has 2 aromatic rings. The van der Waals surface area contributed by atoms with Crippen LogP contribution >= 0.6 is 11.3 Å². The Morgan fingerprint density at radius 2 is 1.74 bits per heavy atom. The normalized spacial score (nSPS) is 13.8. The molecule has 3 rings (SSSR count). The first-order valence-corrected chi connectivity index (χ1v) is 11.2. The van der Waals surface area contributed by atoms with Gasteiger partial charge in [-0.2, -0.15) is 0 Å². The predicted octanol–water partition coefficient (Wildman–Crippen LogP) is 6.00. The van der Waals surface area contributed by atoms with Gasteiger partial charge in [-0.3, -0.25) is 4.79 Å². The Morgan fingerprint density at radius 1 is 1.06 bits per heavy atom. The molecule has 1 heterocycles. The second kappa shape index (κ2) is 14.8. The van der Waals surface area contributed by atoms with E-state index in [4.69, 9.17) is 5.73 Å². The average molecular weight is 436 g/mol. The van der Waals surface area contributed by atoms with Gasteiger partial charge in [-0.25, -0.2) is 0 Å². The molecule has 0 fully saturated rings. The summed E-state index contributed by atoms with van der Waals surface area (Å²) >= 11 is 1.39. The summed E-state index contributed by atoms with van der Waals surface area (Å²) in [4.78, 5) is 13.8. The van der Waals surface area contributed by atoms with Crippen LogP contribution in [-0.2, 0) is 0 Å². The van der Waals surface area contributed by atoms with Crippen LogP contribution in [0.15, 0.2) is 72.4 Å². The number of unbranched alkanes of at least 4 members (excludes halogenated alkanes) is 1. The van der Waals surface area contributed by atoms with Gasteiger partial charge in [0.15, 0.2) is 0 Å². The van der Waals surface area contributed by atoms with Crippen molar-refractivity contribution in [2.45, 2.75) is 33.6 Å². The van der Waals surface area contributed by atoms with Crippen molar-refractivity contribution < 1.29 is 4.79 Å². The summed E-state index contributed by atoms with van der Waals surface area (Å²) in [7, 11) is 1.50. The molecule has 1 unspecified atom stereocenters. The minimum absolute atomic E-state index is 0.0860. The molecule has 1 atom stereocenters. The Hall–Kier alpha value is -3.07. The summed E-state index contributed by atoms with van der Waals surface area (Å²) in [6.07, 6.45) is 12.9. The van der Waals surface area contributed by atoms with Crippen molar-refractivity contribution >= 4 is 28.6 Å². The maximum absolute atomic E-state index is 12.3. The van der Waals surface area contributed by atoms with Gasteiger partial charge in [0.25, 0.3) is 5.91 Å². The second-order valence-electron chi connectivity index (χ2n) is 6.69. The number of hydrogen-bond donors (Lipinski definition) is 3. The lowest BCUT2D eigenvalue weighted by Gasteiger charge is -2.03. The second-order valence-corrected chi connectivity index (χ2v) is 7.77. The molecule has 1 aliphatic rings. The maximum Gasteiger partial charge on any atom is 0.265 e. The summed E-state index contributed by atoms with van der Waals surface area (Å²) in [6.45, 7) is 6.42. The molecule has 5 heteroatoms. The van der Waals surface area contributed by atoms with Crippen molar-refractivity contribution in [3.05, 3.63) is 82.1 Å². The molecule has 0 bridgehead atoms. The van der Waals surface area contributed by atoms with E-state index in [2.05, 4.69) is 68.0 Å². The van der Waals surface area contributed by atoms with Crippen LogP contribution in [-0.4, -0.2) is 13.0 Å². The zero-order valence-electron chi connectivity index (χ0n) is 18.8. The van der Waals surface area contributed by atoms with Gasteiger partial charge in [-0.05, 0) is 50.4 Å². The zero-order chi connectivity index (χ0) is 23.1. The summed E-state index contributed by atoms with van der Waals surface area (Å²) in [5.74, 6) is 6.31. The molecule has 31 heavy (non-hydrogen) atoms. The Labute approximate surface area is 190 Å². The third kappa shape index (κ3) is 9.99. The first kappa shape index (κ1) is 26.0. The highest BCUT2D eigenvalue weighted by Crippen LogP contribution is 2.19. The minimum atomic E-state index is -0.142. The van der Waals surface area contributed by atoms with E-state index in [1.54, 1.807) is 30.3 Å². The van der Waals surface area contributed by atoms with Gasteiger partial charge in [-0.1, -0.05) is 74.5 Å². The maximum atomic E-state index is 12.3. The number of nitrogens with one attached hydrogen (secondary N) is 1. The van der Waals surface area contributed by atoms with Gasteiger partial charge < -0.3 is 16.8 Å². The lowest BCUT2D eigenvalue weighted by atomic mass is 10.1. The standard InChI is InChI=1S/C21H18N2OS.C4H10.CH5N/c1-15-3-2-4-16(6-5-15)7-12-19-13-14-20(25-19)21(24)23-18-10-8-17(22)9-11-18;1-3-4-2;1-2/h2-6,8-11,13-14,16H,22H2,1H3,(H,23,24);3-4H2,1-2H3;2H2,1H3. The highest BCUT2D eigenvalue weighted by molar-refractivity contribution is 7.14. The van der Waals surface area contributed by atoms with E-state index < -0.39 is 0 Å². The average Bonchev–Trinajstić information content (AvgIpc) is 3.18. The van der Waals surface area contributed by atoms with Crippen LogP contribution in [0.4, 0.5) is 11.4 Å². The number of nitrogens with two attached hydrogens (primary N) is 2. The summed E-state index contributed by atoms with van der Waals surface area (Å²) in [5.41, 5.74) is 12.7. The van der Waals surface area contributed by atoms with Gasteiger partial charge in [0.1, 0.15) is 0 Å². The fourth-order valence-electron chi connectivity index (χ4n) is 2.24. The van der Waals surface area contributed by atoms with Crippen molar-refractivity contribution in [2.24, 2.45) is 11.7 Å². The Kier molecular flexibility index (Phi) is 12.4. The highest BCUT2D eigenvalue weighted by Gasteiger charge is 2.09. The molecule has 0 aliphatic heterocycles. The van der Waals surface area contributed by atoms with Crippen LogP contribution < -0.4 is 16.8 Å². The minimum Gasteiger partial charge on any atom is -0.399 e. The van der Waals surface area contributed by atoms with E-state index in [0.29, 0.717) is 10.6 Å². The Bertz CT molecular complexity index is 955. The van der Waals surface area contributed by atoms with Crippen molar-refractivity contribution in [2.75, 3.05) is 18.1 Å². The molecule has 1 aliphatic carbocycles. The van der Waals surface area contributed by atoms with Gasteiger partial charge in [-0.15, -0.1) is 11.3 Å². The number of rotatable bonds is 3. The summed E-state index contributed by atoms with van der Waals surface area (Å²) < 4.78 is 0. The van der Waals surface area contributed by atoms with Gasteiger partial charge >= 0.3 is 0 Å². The van der Waals surface area contributed by atoms with Gasteiger partial charge in [0, 0.05) is 11.4 Å². The summed E-state index contributed by atoms with van der Waals surface area (Å²) in [5, 5.41) is 2.86. The zero-order valence-corrected chi connectivity index (χ0v) is 19.6. The fraction of sp³-hybridized carbons (Fsp3) is 0.269. The molecular weight excluding hydrogens is 402 g/mol. The molecule has 4 nitrogen and oxygen atoms in total. The number of amides is 1. The highest BCUT2D eigenvalue weighted by atomic mass is 32.1. The first-order chi connectivity index (χ1) is 15.0. The molecule has 0 spiro atoms. The van der Waals surface area contributed by atoms with Crippen LogP contribution in [0.5, 0.6) is 0 Å². The number of allylic oxidation sites excluding steroid dienone is 6. The molecule has 164 valence electrons. The third-order valence-electron chi connectivity index (χ3n) is 4.10. The number of hydrogen-bond acceptors (Lipinski definition) is 4. The van der Waals surface area contributed by atoms with Crippen LogP contribution in [0.2, 0.25) is 0 Å². The van der Waals surface area contributed by atoms with Crippen molar-refractivity contribution in [1.29, 1.82) is 0 Å². The van der Waals surface area contributed by atoms with Crippen LogP contribution in [0, 0.1) is 17.8 Å². The number of thiophene rings is 1.